The van der Waals surface area contributed by atoms with Gasteiger partial charge < -0.3 is 14.9 Å². The Kier molecular flexibility index (Phi) is 4.07. The van der Waals surface area contributed by atoms with Gasteiger partial charge in [0.2, 0.25) is 0 Å². The highest BCUT2D eigenvalue weighted by atomic mass is 35.5. The minimum atomic E-state index is -0.113. The molecule has 1 heterocycles. The number of halogens is 1. The van der Waals surface area contributed by atoms with E-state index in [1.54, 1.807) is 12.3 Å². The van der Waals surface area contributed by atoms with Crippen molar-refractivity contribution in [1.82, 2.24) is 0 Å². The number of hydrogen-bond donors (Lipinski definition) is 1. The van der Waals surface area contributed by atoms with Gasteiger partial charge in [-0.2, -0.15) is 0 Å². The largest absolute Gasteiger partial charge is 0.490 e. The zero-order valence-corrected chi connectivity index (χ0v) is 10.1. The summed E-state index contributed by atoms with van der Waals surface area (Å²) in [5.41, 5.74) is 5.93. The van der Waals surface area contributed by atoms with E-state index in [-0.39, 0.29) is 6.04 Å². The van der Waals surface area contributed by atoms with Crippen LogP contribution in [0.4, 0.5) is 0 Å². The highest BCUT2D eigenvalue weighted by molar-refractivity contribution is 6.32. The maximum absolute atomic E-state index is 5.97. The second-order valence-electron chi connectivity index (χ2n) is 3.78. The van der Waals surface area contributed by atoms with Gasteiger partial charge >= 0.3 is 0 Å². The van der Waals surface area contributed by atoms with Crippen molar-refractivity contribution in [1.29, 1.82) is 0 Å². The Balaban J connectivity index is 1.84. The number of para-hydroxylation sites is 1. The van der Waals surface area contributed by atoms with E-state index >= 15 is 0 Å². The summed E-state index contributed by atoms with van der Waals surface area (Å²) >= 11 is 5.97. The molecule has 0 aliphatic rings. The Morgan fingerprint density at radius 2 is 2.06 bits per heavy atom. The highest BCUT2D eigenvalue weighted by Gasteiger charge is 2.08. The molecule has 0 aliphatic carbocycles. The van der Waals surface area contributed by atoms with Gasteiger partial charge in [-0.05, 0) is 24.3 Å². The van der Waals surface area contributed by atoms with Crippen molar-refractivity contribution in [2.45, 2.75) is 12.5 Å². The van der Waals surface area contributed by atoms with Crippen molar-refractivity contribution in [3.05, 3.63) is 53.4 Å². The zero-order valence-electron chi connectivity index (χ0n) is 9.30. The van der Waals surface area contributed by atoms with E-state index < -0.39 is 0 Å². The number of hydrogen-bond acceptors (Lipinski definition) is 3. The molecule has 1 unspecified atom stereocenters. The number of rotatable bonds is 5. The topological polar surface area (TPSA) is 48.4 Å². The van der Waals surface area contributed by atoms with Crippen LogP contribution < -0.4 is 10.5 Å². The van der Waals surface area contributed by atoms with Gasteiger partial charge in [-0.15, -0.1) is 0 Å². The van der Waals surface area contributed by atoms with E-state index in [2.05, 4.69) is 0 Å². The predicted molar refractivity (Wildman–Crippen MR) is 67.3 cm³/mol. The van der Waals surface area contributed by atoms with E-state index in [4.69, 9.17) is 26.5 Å². The first-order valence-corrected chi connectivity index (χ1v) is 5.79. The van der Waals surface area contributed by atoms with Gasteiger partial charge in [0.25, 0.3) is 0 Å². The SMILES string of the molecule is NC(COc1ccccc1Cl)Cc1ccco1. The molecule has 2 N–H and O–H groups in total. The van der Waals surface area contributed by atoms with Gasteiger partial charge in [-0.3, -0.25) is 0 Å². The fraction of sp³-hybridized carbons (Fsp3) is 0.231. The summed E-state index contributed by atoms with van der Waals surface area (Å²) < 4.78 is 10.8. The maximum atomic E-state index is 5.97. The van der Waals surface area contributed by atoms with E-state index in [0.717, 1.165) is 5.76 Å². The number of benzene rings is 1. The number of nitrogens with two attached hydrogens (primary N) is 1. The summed E-state index contributed by atoms with van der Waals surface area (Å²) in [6, 6.07) is 11.0. The summed E-state index contributed by atoms with van der Waals surface area (Å²) in [5, 5.41) is 0.595. The van der Waals surface area contributed by atoms with Crippen molar-refractivity contribution in [2.75, 3.05) is 6.61 Å². The smallest absolute Gasteiger partial charge is 0.137 e. The Morgan fingerprint density at radius 1 is 1.24 bits per heavy atom. The molecule has 0 spiro atoms. The van der Waals surface area contributed by atoms with Crippen LogP contribution in [-0.2, 0) is 6.42 Å². The van der Waals surface area contributed by atoms with Gasteiger partial charge in [-0.1, -0.05) is 23.7 Å². The van der Waals surface area contributed by atoms with Crippen molar-refractivity contribution in [3.8, 4) is 5.75 Å². The predicted octanol–water partition coefficient (Wildman–Crippen LogP) is 2.88. The van der Waals surface area contributed by atoms with E-state index in [0.29, 0.717) is 23.8 Å². The number of ether oxygens (including phenoxy) is 1. The quantitative estimate of drug-likeness (QED) is 0.889. The fourth-order valence-corrected chi connectivity index (χ4v) is 1.69. The average Bonchev–Trinajstić information content (AvgIpc) is 2.81. The average molecular weight is 252 g/mol. The minimum Gasteiger partial charge on any atom is -0.490 e. The molecule has 0 saturated heterocycles. The van der Waals surface area contributed by atoms with Gasteiger partial charge in [0.1, 0.15) is 18.1 Å². The molecule has 3 nitrogen and oxygen atoms in total. The molecule has 2 aromatic rings. The lowest BCUT2D eigenvalue weighted by Gasteiger charge is -2.12. The highest BCUT2D eigenvalue weighted by Crippen LogP contribution is 2.23. The summed E-state index contributed by atoms with van der Waals surface area (Å²) in [6.07, 6.45) is 2.29. The third kappa shape index (κ3) is 3.51. The molecule has 1 atom stereocenters. The van der Waals surface area contributed by atoms with Crippen LogP contribution >= 0.6 is 11.6 Å². The minimum absolute atomic E-state index is 0.113. The summed E-state index contributed by atoms with van der Waals surface area (Å²) in [4.78, 5) is 0. The normalized spacial score (nSPS) is 12.4. The van der Waals surface area contributed by atoms with Crippen molar-refractivity contribution in [2.24, 2.45) is 5.73 Å². The molecule has 1 aromatic heterocycles. The van der Waals surface area contributed by atoms with Crippen LogP contribution in [0.5, 0.6) is 5.75 Å². The Hall–Kier alpha value is -1.45. The van der Waals surface area contributed by atoms with Gasteiger partial charge in [0.05, 0.1) is 11.3 Å². The Morgan fingerprint density at radius 3 is 2.76 bits per heavy atom. The van der Waals surface area contributed by atoms with Gasteiger partial charge in [-0.25, -0.2) is 0 Å². The lowest BCUT2D eigenvalue weighted by atomic mass is 10.2. The second-order valence-corrected chi connectivity index (χ2v) is 4.19. The third-order valence-electron chi connectivity index (χ3n) is 2.33. The van der Waals surface area contributed by atoms with Crippen molar-refractivity contribution in [3.63, 3.8) is 0 Å². The molecule has 0 aliphatic heterocycles. The van der Waals surface area contributed by atoms with Crippen molar-refractivity contribution >= 4 is 11.6 Å². The molecule has 17 heavy (non-hydrogen) atoms. The van der Waals surface area contributed by atoms with E-state index in [1.165, 1.54) is 0 Å². The number of furan rings is 1. The first-order valence-electron chi connectivity index (χ1n) is 5.41. The van der Waals surface area contributed by atoms with E-state index in [9.17, 15) is 0 Å². The summed E-state index contributed by atoms with van der Waals surface area (Å²) in [5.74, 6) is 1.52. The summed E-state index contributed by atoms with van der Waals surface area (Å²) in [7, 11) is 0. The van der Waals surface area contributed by atoms with Crippen LogP contribution in [0.2, 0.25) is 5.02 Å². The molecule has 1 aromatic carbocycles. The second kappa shape index (κ2) is 5.75. The fourth-order valence-electron chi connectivity index (χ4n) is 1.50. The van der Waals surface area contributed by atoms with Crippen LogP contribution in [0, 0.1) is 0 Å². The maximum Gasteiger partial charge on any atom is 0.137 e. The molecule has 4 heteroatoms. The summed E-state index contributed by atoms with van der Waals surface area (Å²) in [6.45, 7) is 0.407. The third-order valence-corrected chi connectivity index (χ3v) is 2.65. The van der Waals surface area contributed by atoms with Crippen LogP contribution in [0.15, 0.2) is 47.1 Å². The molecule has 0 saturated carbocycles. The van der Waals surface area contributed by atoms with Crippen LogP contribution in [0.25, 0.3) is 0 Å². The first-order chi connectivity index (χ1) is 8.25. The standard InChI is InChI=1S/C13H14ClNO2/c14-12-5-1-2-6-13(12)17-9-10(15)8-11-4-3-7-16-11/h1-7,10H,8-9,15H2. The lowest BCUT2D eigenvalue weighted by molar-refractivity contribution is 0.282. The van der Waals surface area contributed by atoms with Gasteiger partial charge in [0.15, 0.2) is 0 Å². The Bertz CT molecular complexity index is 456. The molecule has 0 radical (unpaired) electrons. The van der Waals surface area contributed by atoms with Crippen LogP contribution in [0.3, 0.4) is 0 Å². The molecule has 2 rings (SSSR count). The molecule has 90 valence electrons. The van der Waals surface area contributed by atoms with Crippen LogP contribution in [-0.4, -0.2) is 12.6 Å². The monoisotopic (exact) mass is 251 g/mol. The van der Waals surface area contributed by atoms with Crippen LogP contribution in [0.1, 0.15) is 5.76 Å². The molecular formula is C13H14ClNO2. The molecule has 0 bridgehead atoms. The van der Waals surface area contributed by atoms with Gasteiger partial charge in [0, 0.05) is 12.5 Å². The Labute approximate surface area is 105 Å². The zero-order chi connectivity index (χ0) is 12.1. The van der Waals surface area contributed by atoms with Crippen molar-refractivity contribution < 1.29 is 9.15 Å². The molecule has 0 fully saturated rings. The molecule has 0 amide bonds. The lowest BCUT2D eigenvalue weighted by Crippen LogP contribution is -2.30. The molecular weight excluding hydrogens is 238 g/mol. The first kappa shape index (κ1) is 12.0. The van der Waals surface area contributed by atoms with E-state index in [1.807, 2.05) is 30.3 Å².